The monoisotopic (exact) mass is 236 g/mol. The SMILES string of the molecule is CCCCCCNc1c(N)cccc1C(=O)O. The van der Waals surface area contributed by atoms with Crippen LogP contribution in [0.4, 0.5) is 11.4 Å². The van der Waals surface area contributed by atoms with Crippen LogP contribution in [0.15, 0.2) is 18.2 Å². The van der Waals surface area contributed by atoms with E-state index in [4.69, 9.17) is 10.8 Å². The molecule has 0 atom stereocenters. The van der Waals surface area contributed by atoms with Gasteiger partial charge in [0.15, 0.2) is 0 Å². The van der Waals surface area contributed by atoms with E-state index in [1.54, 1.807) is 18.2 Å². The van der Waals surface area contributed by atoms with Crippen molar-refractivity contribution in [2.24, 2.45) is 0 Å². The van der Waals surface area contributed by atoms with Crippen molar-refractivity contribution in [2.45, 2.75) is 32.6 Å². The number of nitrogens with two attached hydrogens (primary N) is 1. The Kier molecular flexibility index (Phi) is 5.33. The molecular formula is C13H20N2O2. The molecule has 0 amide bonds. The first-order valence-electron chi connectivity index (χ1n) is 6.02. The fourth-order valence-corrected chi connectivity index (χ4v) is 1.71. The van der Waals surface area contributed by atoms with Crippen LogP contribution in [0.25, 0.3) is 0 Å². The van der Waals surface area contributed by atoms with Crippen molar-refractivity contribution >= 4 is 17.3 Å². The number of unbranched alkanes of at least 4 members (excludes halogenated alkanes) is 3. The average molecular weight is 236 g/mol. The highest BCUT2D eigenvalue weighted by atomic mass is 16.4. The quantitative estimate of drug-likeness (QED) is 0.502. The van der Waals surface area contributed by atoms with Gasteiger partial charge in [-0.05, 0) is 18.6 Å². The first-order valence-corrected chi connectivity index (χ1v) is 6.02. The number of benzene rings is 1. The summed E-state index contributed by atoms with van der Waals surface area (Å²) in [7, 11) is 0. The molecule has 1 aromatic carbocycles. The lowest BCUT2D eigenvalue weighted by molar-refractivity contribution is 0.0698. The Morgan fingerprint density at radius 3 is 2.76 bits per heavy atom. The molecule has 4 N–H and O–H groups in total. The van der Waals surface area contributed by atoms with E-state index >= 15 is 0 Å². The number of carboxylic acids is 1. The van der Waals surface area contributed by atoms with Gasteiger partial charge in [-0.3, -0.25) is 0 Å². The molecule has 94 valence electrons. The van der Waals surface area contributed by atoms with Crippen molar-refractivity contribution in [1.29, 1.82) is 0 Å². The molecule has 0 aliphatic rings. The van der Waals surface area contributed by atoms with Crippen molar-refractivity contribution in [1.82, 2.24) is 0 Å². The van der Waals surface area contributed by atoms with E-state index in [1.807, 2.05) is 0 Å². The van der Waals surface area contributed by atoms with Gasteiger partial charge in [-0.15, -0.1) is 0 Å². The summed E-state index contributed by atoms with van der Waals surface area (Å²) >= 11 is 0. The van der Waals surface area contributed by atoms with Gasteiger partial charge in [-0.2, -0.15) is 0 Å². The zero-order valence-electron chi connectivity index (χ0n) is 10.2. The Labute approximate surface area is 102 Å². The molecule has 0 unspecified atom stereocenters. The number of anilines is 2. The maximum absolute atomic E-state index is 11.0. The first-order chi connectivity index (χ1) is 8.16. The van der Waals surface area contributed by atoms with Crippen molar-refractivity contribution in [3.8, 4) is 0 Å². The van der Waals surface area contributed by atoms with E-state index in [2.05, 4.69) is 12.2 Å². The molecule has 0 aliphatic carbocycles. The van der Waals surface area contributed by atoms with Gasteiger partial charge < -0.3 is 16.2 Å². The third-order valence-corrected chi connectivity index (χ3v) is 2.66. The minimum absolute atomic E-state index is 0.237. The number of rotatable bonds is 7. The molecule has 1 aromatic rings. The molecule has 0 saturated heterocycles. The molecule has 0 saturated carbocycles. The fourth-order valence-electron chi connectivity index (χ4n) is 1.71. The smallest absolute Gasteiger partial charge is 0.337 e. The second kappa shape index (κ2) is 6.78. The van der Waals surface area contributed by atoms with E-state index in [1.165, 1.54) is 12.8 Å². The molecular weight excluding hydrogens is 216 g/mol. The summed E-state index contributed by atoms with van der Waals surface area (Å²) in [6.45, 7) is 2.92. The predicted octanol–water partition coefficient (Wildman–Crippen LogP) is 2.96. The molecule has 0 radical (unpaired) electrons. The fraction of sp³-hybridized carbons (Fsp3) is 0.462. The average Bonchev–Trinajstić information content (AvgIpc) is 2.30. The topological polar surface area (TPSA) is 75.3 Å². The predicted molar refractivity (Wildman–Crippen MR) is 70.4 cm³/mol. The molecule has 0 fully saturated rings. The normalized spacial score (nSPS) is 10.2. The number of hydrogen-bond acceptors (Lipinski definition) is 3. The van der Waals surface area contributed by atoms with Gasteiger partial charge in [0, 0.05) is 6.54 Å². The lowest BCUT2D eigenvalue weighted by atomic mass is 10.1. The minimum Gasteiger partial charge on any atom is -0.478 e. The van der Waals surface area contributed by atoms with Crippen molar-refractivity contribution in [3.63, 3.8) is 0 Å². The molecule has 0 bridgehead atoms. The summed E-state index contributed by atoms with van der Waals surface area (Å²) in [5.41, 5.74) is 7.04. The summed E-state index contributed by atoms with van der Waals surface area (Å²) in [5.74, 6) is -0.951. The highest BCUT2D eigenvalue weighted by Gasteiger charge is 2.11. The lowest BCUT2D eigenvalue weighted by Gasteiger charge is -2.11. The molecule has 1 rings (SSSR count). The van der Waals surface area contributed by atoms with Crippen LogP contribution >= 0.6 is 0 Å². The molecule has 4 nitrogen and oxygen atoms in total. The Bertz CT molecular complexity index is 378. The summed E-state index contributed by atoms with van der Waals surface area (Å²) < 4.78 is 0. The van der Waals surface area contributed by atoms with Crippen LogP contribution in [-0.2, 0) is 0 Å². The van der Waals surface area contributed by atoms with E-state index in [0.29, 0.717) is 11.4 Å². The number of nitrogen functional groups attached to an aromatic ring is 1. The van der Waals surface area contributed by atoms with E-state index in [9.17, 15) is 4.79 Å². The third kappa shape index (κ3) is 3.98. The Morgan fingerprint density at radius 1 is 1.35 bits per heavy atom. The number of aromatic carboxylic acids is 1. The Balaban J connectivity index is 2.60. The largest absolute Gasteiger partial charge is 0.478 e. The standard InChI is InChI=1S/C13H20N2O2/c1-2-3-4-5-9-15-12-10(13(16)17)7-6-8-11(12)14/h6-8,15H,2-5,9,14H2,1H3,(H,16,17). The van der Waals surface area contributed by atoms with Crippen LogP contribution in [0.1, 0.15) is 43.0 Å². The minimum atomic E-state index is -0.951. The highest BCUT2D eigenvalue weighted by Crippen LogP contribution is 2.23. The van der Waals surface area contributed by atoms with Gasteiger partial charge in [0.05, 0.1) is 16.9 Å². The summed E-state index contributed by atoms with van der Waals surface area (Å²) in [6.07, 6.45) is 4.57. The number of hydrogen-bond donors (Lipinski definition) is 3. The highest BCUT2D eigenvalue weighted by molar-refractivity contribution is 5.97. The number of carbonyl (C=O) groups is 1. The maximum Gasteiger partial charge on any atom is 0.337 e. The zero-order valence-corrected chi connectivity index (χ0v) is 10.2. The molecule has 0 aliphatic heterocycles. The molecule has 4 heteroatoms. The third-order valence-electron chi connectivity index (χ3n) is 2.66. The first kappa shape index (κ1) is 13.4. The maximum atomic E-state index is 11.0. The van der Waals surface area contributed by atoms with Crippen molar-refractivity contribution < 1.29 is 9.90 Å². The lowest BCUT2D eigenvalue weighted by Crippen LogP contribution is -2.10. The Morgan fingerprint density at radius 2 is 2.12 bits per heavy atom. The van der Waals surface area contributed by atoms with Crippen molar-refractivity contribution in [3.05, 3.63) is 23.8 Å². The van der Waals surface area contributed by atoms with Crippen LogP contribution in [0.2, 0.25) is 0 Å². The molecule has 0 spiro atoms. The molecule has 0 heterocycles. The molecule has 0 aromatic heterocycles. The second-order valence-electron chi connectivity index (χ2n) is 4.06. The molecule has 17 heavy (non-hydrogen) atoms. The Hall–Kier alpha value is -1.71. The van der Waals surface area contributed by atoms with Gasteiger partial charge in [0.1, 0.15) is 0 Å². The number of para-hydroxylation sites is 1. The summed E-state index contributed by atoms with van der Waals surface area (Å²) in [5, 5.41) is 12.2. The van der Waals surface area contributed by atoms with Crippen LogP contribution in [0, 0.1) is 0 Å². The van der Waals surface area contributed by atoms with Crippen LogP contribution in [0.5, 0.6) is 0 Å². The van der Waals surface area contributed by atoms with E-state index in [-0.39, 0.29) is 5.56 Å². The van der Waals surface area contributed by atoms with Gasteiger partial charge in [-0.25, -0.2) is 4.79 Å². The van der Waals surface area contributed by atoms with Crippen LogP contribution in [0.3, 0.4) is 0 Å². The second-order valence-corrected chi connectivity index (χ2v) is 4.06. The van der Waals surface area contributed by atoms with Gasteiger partial charge in [-0.1, -0.05) is 32.3 Å². The van der Waals surface area contributed by atoms with Gasteiger partial charge in [0.25, 0.3) is 0 Å². The summed E-state index contributed by atoms with van der Waals surface area (Å²) in [6, 6.07) is 4.93. The van der Waals surface area contributed by atoms with Gasteiger partial charge >= 0.3 is 5.97 Å². The van der Waals surface area contributed by atoms with Crippen molar-refractivity contribution in [2.75, 3.05) is 17.6 Å². The van der Waals surface area contributed by atoms with E-state index < -0.39 is 5.97 Å². The zero-order chi connectivity index (χ0) is 12.7. The number of carboxylic acid groups (broad SMARTS) is 1. The van der Waals surface area contributed by atoms with Crippen LogP contribution < -0.4 is 11.1 Å². The van der Waals surface area contributed by atoms with E-state index in [0.717, 1.165) is 19.4 Å². The summed E-state index contributed by atoms with van der Waals surface area (Å²) in [4.78, 5) is 11.0. The van der Waals surface area contributed by atoms with Crippen LogP contribution in [-0.4, -0.2) is 17.6 Å². The van der Waals surface area contributed by atoms with Gasteiger partial charge in [0.2, 0.25) is 0 Å². The number of nitrogens with one attached hydrogen (secondary N) is 1.